The summed E-state index contributed by atoms with van der Waals surface area (Å²) in [6.45, 7) is 5.42. The highest BCUT2D eigenvalue weighted by Gasteiger charge is 2.37. The Morgan fingerprint density at radius 3 is 2.63 bits per heavy atom. The van der Waals surface area contributed by atoms with E-state index in [9.17, 15) is 9.59 Å². The van der Waals surface area contributed by atoms with Crippen molar-refractivity contribution in [3.8, 4) is 27.7 Å². The number of para-hydroxylation sites is 1. The van der Waals surface area contributed by atoms with Crippen molar-refractivity contribution in [3.63, 3.8) is 0 Å². The average molecular weight is 485 g/mol. The third kappa shape index (κ3) is 4.40. The number of hydrogen-bond acceptors (Lipinski definition) is 6. The van der Waals surface area contributed by atoms with Crippen LogP contribution in [0.5, 0.6) is 5.75 Å². The SMILES string of the molecule is Cc1sc(-c2ccccn2)nc1-c1ccc2c(c1)N(C(C)C(=O)Nc1ccccc1)C(=O)C(C)O2. The van der Waals surface area contributed by atoms with Crippen LogP contribution in [0, 0.1) is 6.92 Å². The molecule has 2 amide bonds. The predicted octanol–water partition coefficient (Wildman–Crippen LogP) is 5.32. The van der Waals surface area contributed by atoms with Gasteiger partial charge in [0.1, 0.15) is 16.8 Å². The number of nitrogens with one attached hydrogen (secondary N) is 1. The van der Waals surface area contributed by atoms with E-state index in [0.29, 0.717) is 17.1 Å². The zero-order valence-corrected chi connectivity index (χ0v) is 20.4. The summed E-state index contributed by atoms with van der Waals surface area (Å²) in [4.78, 5) is 38.1. The van der Waals surface area contributed by atoms with E-state index in [1.54, 1.807) is 31.4 Å². The van der Waals surface area contributed by atoms with Crippen LogP contribution in [0.25, 0.3) is 22.0 Å². The number of carbonyl (C=O) groups excluding carboxylic acids is 2. The quantitative estimate of drug-likeness (QED) is 0.414. The minimum absolute atomic E-state index is 0.269. The molecule has 2 aromatic carbocycles. The summed E-state index contributed by atoms with van der Waals surface area (Å²) in [6.07, 6.45) is 1.05. The van der Waals surface area contributed by atoms with Crippen molar-refractivity contribution < 1.29 is 14.3 Å². The van der Waals surface area contributed by atoms with Crippen LogP contribution in [0.3, 0.4) is 0 Å². The fraction of sp³-hybridized carbons (Fsp3) is 0.185. The lowest BCUT2D eigenvalue weighted by Gasteiger charge is -2.36. The molecule has 2 atom stereocenters. The van der Waals surface area contributed by atoms with E-state index in [4.69, 9.17) is 9.72 Å². The second-order valence-corrected chi connectivity index (χ2v) is 9.52. The molecule has 1 aliphatic heterocycles. The van der Waals surface area contributed by atoms with E-state index in [0.717, 1.165) is 26.8 Å². The van der Waals surface area contributed by atoms with Crippen LogP contribution in [0.2, 0.25) is 0 Å². The summed E-state index contributed by atoms with van der Waals surface area (Å²) in [5.41, 5.74) is 3.68. The zero-order chi connectivity index (χ0) is 24.5. The molecule has 5 rings (SSSR count). The number of fused-ring (bicyclic) bond motifs is 1. The molecular formula is C27H24N4O3S. The van der Waals surface area contributed by atoms with Crippen molar-refractivity contribution >= 4 is 34.5 Å². The molecule has 0 fully saturated rings. The monoisotopic (exact) mass is 484 g/mol. The maximum Gasteiger partial charge on any atom is 0.268 e. The van der Waals surface area contributed by atoms with Gasteiger partial charge in [-0.15, -0.1) is 11.3 Å². The van der Waals surface area contributed by atoms with Crippen LogP contribution < -0.4 is 15.0 Å². The Labute approximate surface area is 207 Å². The number of thiazole rings is 1. The molecule has 0 saturated heterocycles. The molecule has 35 heavy (non-hydrogen) atoms. The number of nitrogens with zero attached hydrogens (tertiary/aromatic N) is 3. The van der Waals surface area contributed by atoms with Crippen molar-refractivity contribution in [2.24, 2.45) is 0 Å². The number of carbonyl (C=O) groups is 2. The Balaban J connectivity index is 1.51. The van der Waals surface area contributed by atoms with Gasteiger partial charge in [0.05, 0.1) is 17.1 Å². The van der Waals surface area contributed by atoms with Gasteiger partial charge in [-0.2, -0.15) is 0 Å². The number of pyridine rings is 1. The Kier molecular flexibility index (Phi) is 6.05. The second-order valence-electron chi connectivity index (χ2n) is 8.32. The summed E-state index contributed by atoms with van der Waals surface area (Å²) >= 11 is 1.56. The lowest BCUT2D eigenvalue weighted by Crippen LogP contribution is -2.52. The van der Waals surface area contributed by atoms with Crippen molar-refractivity contribution in [2.45, 2.75) is 32.9 Å². The Morgan fingerprint density at radius 2 is 1.89 bits per heavy atom. The molecule has 176 valence electrons. The number of aryl methyl sites for hydroxylation is 1. The van der Waals surface area contributed by atoms with E-state index < -0.39 is 12.1 Å². The smallest absolute Gasteiger partial charge is 0.268 e. The van der Waals surface area contributed by atoms with Crippen molar-refractivity contribution in [1.82, 2.24) is 9.97 Å². The largest absolute Gasteiger partial charge is 0.479 e. The second kappa shape index (κ2) is 9.31. The van der Waals surface area contributed by atoms with Gasteiger partial charge in [-0.25, -0.2) is 4.98 Å². The number of aromatic nitrogens is 2. The van der Waals surface area contributed by atoms with Gasteiger partial charge in [-0.3, -0.25) is 19.5 Å². The van der Waals surface area contributed by atoms with E-state index in [-0.39, 0.29) is 11.8 Å². The molecule has 7 nitrogen and oxygen atoms in total. The Morgan fingerprint density at radius 1 is 1.11 bits per heavy atom. The van der Waals surface area contributed by atoms with Gasteiger partial charge in [-0.1, -0.05) is 24.3 Å². The molecular weight excluding hydrogens is 460 g/mol. The van der Waals surface area contributed by atoms with E-state index >= 15 is 0 Å². The fourth-order valence-electron chi connectivity index (χ4n) is 4.06. The molecule has 0 bridgehead atoms. The molecule has 0 aliphatic carbocycles. The summed E-state index contributed by atoms with van der Waals surface area (Å²) in [6, 6.07) is 19.8. The van der Waals surface area contributed by atoms with Gasteiger partial charge in [0, 0.05) is 22.3 Å². The van der Waals surface area contributed by atoms with Gasteiger partial charge in [0.25, 0.3) is 5.91 Å². The number of anilines is 2. The number of hydrogen-bond donors (Lipinski definition) is 1. The first-order valence-corrected chi connectivity index (χ1v) is 12.1. The van der Waals surface area contributed by atoms with E-state index in [1.807, 2.05) is 73.7 Å². The average Bonchev–Trinajstić information content (AvgIpc) is 3.27. The summed E-state index contributed by atoms with van der Waals surface area (Å²) < 4.78 is 5.87. The molecule has 8 heteroatoms. The van der Waals surface area contributed by atoms with Crippen LogP contribution in [0.1, 0.15) is 18.7 Å². The Bertz CT molecular complexity index is 1390. The molecule has 4 aromatic rings. The maximum absolute atomic E-state index is 13.2. The van der Waals surface area contributed by atoms with Crippen LogP contribution in [-0.2, 0) is 9.59 Å². The van der Waals surface area contributed by atoms with Crippen molar-refractivity contribution in [3.05, 3.63) is 77.8 Å². The van der Waals surface area contributed by atoms with Crippen LogP contribution in [0.15, 0.2) is 72.9 Å². The predicted molar refractivity (Wildman–Crippen MR) is 138 cm³/mol. The van der Waals surface area contributed by atoms with Crippen LogP contribution in [0.4, 0.5) is 11.4 Å². The highest BCUT2D eigenvalue weighted by atomic mass is 32.1. The molecule has 0 spiro atoms. The number of benzene rings is 2. The first-order valence-electron chi connectivity index (χ1n) is 11.3. The third-order valence-electron chi connectivity index (χ3n) is 5.87. The van der Waals surface area contributed by atoms with Crippen molar-refractivity contribution in [2.75, 3.05) is 10.2 Å². The normalized spacial score (nSPS) is 15.8. The summed E-state index contributed by atoms with van der Waals surface area (Å²) in [5.74, 6) is 0.00450. The zero-order valence-electron chi connectivity index (χ0n) is 19.6. The van der Waals surface area contributed by atoms with Gasteiger partial charge in [-0.05, 0) is 63.2 Å². The van der Waals surface area contributed by atoms with E-state index in [2.05, 4.69) is 10.3 Å². The van der Waals surface area contributed by atoms with Gasteiger partial charge in [0.2, 0.25) is 5.91 Å². The minimum Gasteiger partial charge on any atom is -0.479 e. The maximum atomic E-state index is 13.2. The first-order chi connectivity index (χ1) is 16.9. The first kappa shape index (κ1) is 22.7. The minimum atomic E-state index is -0.747. The molecule has 0 radical (unpaired) electrons. The van der Waals surface area contributed by atoms with E-state index in [1.165, 1.54) is 4.90 Å². The lowest BCUT2D eigenvalue weighted by atomic mass is 10.1. The molecule has 1 aliphatic rings. The molecule has 2 aromatic heterocycles. The van der Waals surface area contributed by atoms with Gasteiger partial charge in [0.15, 0.2) is 6.10 Å². The summed E-state index contributed by atoms with van der Waals surface area (Å²) in [7, 11) is 0. The number of rotatable bonds is 5. The highest BCUT2D eigenvalue weighted by Crippen LogP contribution is 2.40. The van der Waals surface area contributed by atoms with Crippen LogP contribution in [-0.4, -0.2) is 33.9 Å². The molecule has 1 N–H and O–H groups in total. The standard InChI is InChI=1S/C27H24N4O3S/c1-16(25(32)29-20-9-5-4-6-10-20)31-22-15-19(12-13-23(22)34-17(2)27(31)33)24-18(3)35-26(30-24)21-11-7-8-14-28-21/h4-17H,1-3H3,(H,29,32). The highest BCUT2D eigenvalue weighted by molar-refractivity contribution is 7.15. The summed E-state index contributed by atoms with van der Waals surface area (Å²) in [5, 5.41) is 3.71. The topological polar surface area (TPSA) is 84.4 Å². The van der Waals surface area contributed by atoms with Crippen molar-refractivity contribution in [1.29, 1.82) is 0 Å². The lowest BCUT2D eigenvalue weighted by molar-refractivity contribution is -0.128. The third-order valence-corrected chi connectivity index (χ3v) is 6.86. The fourth-order valence-corrected chi connectivity index (χ4v) is 4.97. The Hall–Kier alpha value is -4.04. The number of amides is 2. The molecule has 0 saturated carbocycles. The van der Waals surface area contributed by atoms with Gasteiger partial charge < -0.3 is 10.1 Å². The molecule has 3 heterocycles. The number of ether oxygens (including phenoxy) is 1. The molecule has 2 unspecified atom stereocenters. The van der Waals surface area contributed by atoms with Crippen LogP contribution >= 0.6 is 11.3 Å². The van der Waals surface area contributed by atoms with Gasteiger partial charge >= 0.3 is 0 Å².